The highest BCUT2D eigenvalue weighted by Gasteiger charge is 2.36. The molecule has 3 heterocycles. The minimum atomic E-state index is -0.294. The second-order valence-corrected chi connectivity index (χ2v) is 8.47. The van der Waals surface area contributed by atoms with Crippen LogP contribution in [0.4, 0.5) is 4.39 Å². The third-order valence-electron chi connectivity index (χ3n) is 5.30. The summed E-state index contributed by atoms with van der Waals surface area (Å²) in [5, 5.41) is 25.0. The molecule has 0 bridgehead atoms. The predicted molar refractivity (Wildman–Crippen MR) is 114 cm³/mol. The average Bonchev–Trinajstić information content (AvgIpc) is 3.37. The van der Waals surface area contributed by atoms with Crippen LogP contribution in [-0.4, -0.2) is 49.5 Å². The number of benzene rings is 2. The fraction of sp³-hybridized carbons (Fsp3) is 0.182. The molecule has 1 aliphatic rings. The van der Waals surface area contributed by atoms with Crippen molar-refractivity contribution < 1.29 is 14.3 Å². The fourth-order valence-electron chi connectivity index (χ4n) is 3.71. The molecule has 0 radical (unpaired) electrons. The van der Waals surface area contributed by atoms with E-state index in [4.69, 9.17) is 0 Å². The number of aromatic hydroxyl groups is 1. The Bertz CT molecular complexity index is 1250. The van der Waals surface area contributed by atoms with Gasteiger partial charge >= 0.3 is 0 Å². The fourth-order valence-corrected chi connectivity index (χ4v) is 4.57. The van der Waals surface area contributed by atoms with E-state index >= 15 is 0 Å². The number of hydrogen-bond donors (Lipinski definition) is 1. The zero-order valence-corrected chi connectivity index (χ0v) is 17.4. The van der Waals surface area contributed by atoms with Gasteiger partial charge in [-0.05, 0) is 23.3 Å². The van der Waals surface area contributed by atoms with E-state index in [-0.39, 0.29) is 34.9 Å². The maximum absolute atomic E-state index is 13.1. The van der Waals surface area contributed by atoms with Gasteiger partial charge in [0.05, 0.1) is 6.04 Å². The molecule has 1 aliphatic heterocycles. The Morgan fingerprint density at radius 3 is 2.61 bits per heavy atom. The summed E-state index contributed by atoms with van der Waals surface area (Å²) in [6, 6.07) is 15.7. The summed E-state index contributed by atoms with van der Waals surface area (Å²) in [6.45, 7) is 0.447. The number of nitrogens with zero attached hydrogens (tertiary/aromatic N) is 5. The number of likely N-dealkylation sites (N-methyl/N-ethyl adjacent to an activating group) is 1. The van der Waals surface area contributed by atoms with E-state index < -0.39 is 0 Å². The molecule has 9 heteroatoms. The lowest BCUT2D eigenvalue weighted by Crippen LogP contribution is -2.41. The number of carbonyl (C=O) groups excluding carboxylic acids is 1. The molecule has 0 saturated heterocycles. The highest BCUT2D eigenvalue weighted by atomic mass is 32.1. The molecular formula is C22H18FN5O2S. The number of amides is 1. The Hall–Kier alpha value is -3.59. The normalized spacial score (nSPS) is 15.9. The molecule has 0 aliphatic carbocycles. The van der Waals surface area contributed by atoms with E-state index in [1.165, 1.54) is 23.5 Å². The lowest BCUT2D eigenvalue weighted by molar-refractivity contribution is 0.0720. The van der Waals surface area contributed by atoms with Crippen molar-refractivity contribution in [3.05, 3.63) is 82.2 Å². The molecular weight excluding hydrogens is 417 g/mol. The van der Waals surface area contributed by atoms with Crippen LogP contribution in [-0.2, 0) is 6.42 Å². The average molecular weight is 435 g/mol. The molecule has 156 valence electrons. The molecule has 1 amide bonds. The standard InChI is InChI=1S/C22H18FN5O2S/c1-27-12-16(14-5-3-2-4-6-14)28-19(22(27)30)20(29)18(26-28)21-25-24-17(31-21)11-13-7-9-15(23)10-8-13/h2-10,16,29H,11-12H2,1H3/t16-/m1/s1. The molecule has 2 aromatic heterocycles. The first kappa shape index (κ1) is 19.4. The summed E-state index contributed by atoms with van der Waals surface area (Å²) in [5.74, 6) is -0.778. The maximum Gasteiger partial charge on any atom is 0.275 e. The summed E-state index contributed by atoms with van der Waals surface area (Å²) in [6.07, 6.45) is 0.487. The van der Waals surface area contributed by atoms with Crippen molar-refractivity contribution in [1.82, 2.24) is 24.9 Å². The Labute approximate surface area is 181 Å². The number of hydrogen-bond acceptors (Lipinski definition) is 6. The van der Waals surface area contributed by atoms with E-state index in [0.717, 1.165) is 11.1 Å². The molecule has 0 spiro atoms. The number of rotatable bonds is 4. The van der Waals surface area contributed by atoms with E-state index in [1.54, 1.807) is 28.8 Å². The van der Waals surface area contributed by atoms with Crippen LogP contribution in [0.3, 0.4) is 0 Å². The smallest absolute Gasteiger partial charge is 0.275 e. The van der Waals surface area contributed by atoms with Gasteiger partial charge in [-0.2, -0.15) is 5.10 Å². The first-order valence-corrected chi connectivity index (χ1v) is 10.5. The van der Waals surface area contributed by atoms with Gasteiger partial charge in [0.15, 0.2) is 22.1 Å². The third-order valence-corrected chi connectivity index (χ3v) is 6.23. The predicted octanol–water partition coefficient (Wildman–Crippen LogP) is 3.51. The van der Waals surface area contributed by atoms with Gasteiger partial charge in [0.1, 0.15) is 10.8 Å². The molecule has 0 saturated carbocycles. The molecule has 7 nitrogen and oxygen atoms in total. The van der Waals surface area contributed by atoms with Crippen LogP contribution in [0.5, 0.6) is 5.75 Å². The molecule has 0 fully saturated rings. The molecule has 0 unspecified atom stereocenters. The minimum absolute atomic E-state index is 0.146. The first-order valence-electron chi connectivity index (χ1n) is 9.70. The lowest BCUT2D eigenvalue weighted by Gasteiger charge is -2.31. The quantitative estimate of drug-likeness (QED) is 0.530. The van der Waals surface area contributed by atoms with E-state index in [2.05, 4.69) is 15.3 Å². The minimum Gasteiger partial charge on any atom is -0.504 e. The molecule has 1 N–H and O–H groups in total. The topological polar surface area (TPSA) is 84.1 Å². The second-order valence-electron chi connectivity index (χ2n) is 7.41. The number of halogens is 1. The Kier molecular flexibility index (Phi) is 4.74. The van der Waals surface area contributed by atoms with Crippen molar-refractivity contribution in [1.29, 1.82) is 0 Å². The van der Waals surface area contributed by atoms with Gasteiger partial charge in [-0.25, -0.2) is 9.07 Å². The van der Waals surface area contributed by atoms with Crippen molar-refractivity contribution in [3.8, 4) is 16.5 Å². The summed E-state index contributed by atoms with van der Waals surface area (Å²) >= 11 is 1.28. The zero-order valence-electron chi connectivity index (χ0n) is 16.6. The van der Waals surface area contributed by atoms with Crippen molar-refractivity contribution in [3.63, 3.8) is 0 Å². The molecule has 1 atom stereocenters. The van der Waals surface area contributed by atoms with Crippen LogP contribution >= 0.6 is 11.3 Å². The molecule has 4 aromatic rings. The van der Waals surface area contributed by atoms with Gasteiger partial charge in [-0.15, -0.1) is 10.2 Å². The van der Waals surface area contributed by atoms with Crippen molar-refractivity contribution >= 4 is 17.2 Å². The van der Waals surface area contributed by atoms with Crippen molar-refractivity contribution in [2.45, 2.75) is 12.5 Å². The number of fused-ring (bicyclic) bond motifs is 1. The summed E-state index contributed by atoms with van der Waals surface area (Å²) in [7, 11) is 1.71. The van der Waals surface area contributed by atoms with Gasteiger partial charge in [-0.1, -0.05) is 53.8 Å². The number of carbonyl (C=O) groups is 1. The molecule has 31 heavy (non-hydrogen) atoms. The Morgan fingerprint density at radius 2 is 1.87 bits per heavy atom. The molecule has 2 aromatic carbocycles. The summed E-state index contributed by atoms with van der Waals surface area (Å²) in [5.41, 5.74) is 2.28. The maximum atomic E-state index is 13.1. The van der Waals surface area contributed by atoms with Crippen LogP contribution in [0.2, 0.25) is 0 Å². The van der Waals surface area contributed by atoms with E-state index in [1.807, 2.05) is 30.3 Å². The third kappa shape index (κ3) is 3.46. The van der Waals surface area contributed by atoms with Crippen molar-refractivity contribution in [2.75, 3.05) is 13.6 Å². The Balaban J connectivity index is 1.52. The summed E-state index contributed by atoms with van der Waals surface area (Å²) < 4.78 is 14.7. The van der Waals surface area contributed by atoms with Gasteiger partial charge in [0.25, 0.3) is 5.91 Å². The highest BCUT2D eigenvalue weighted by molar-refractivity contribution is 7.14. The van der Waals surface area contributed by atoms with Crippen LogP contribution in [0.15, 0.2) is 54.6 Å². The highest BCUT2D eigenvalue weighted by Crippen LogP contribution is 2.38. The van der Waals surface area contributed by atoms with Crippen LogP contribution in [0, 0.1) is 5.82 Å². The monoisotopic (exact) mass is 435 g/mol. The Morgan fingerprint density at radius 1 is 1.13 bits per heavy atom. The molecule has 5 rings (SSSR count). The summed E-state index contributed by atoms with van der Waals surface area (Å²) in [4.78, 5) is 14.4. The SMILES string of the molecule is CN1C[C@H](c2ccccc2)n2nc(-c3nnc(Cc4ccc(F)cc4)s3)c(O)c2C1=O. The zero-order chi connectivity index (χ0) is 21.5. The van der Waals surface area contributed by atoms with Gasteiger partial charge in [0.2, 0.25) is 0 Å². The first-order chi connectivity index (χ1) is 15.0. The van der Waals surface area contributed by atoms with Crippen LogP contribution in [0.25, 0.3) is 10.7 Å². The van der Waals surface area contributed by atoms with Gasteiger partial charge < -0.3 is 10.0 Å². The van der Waals surface area contributed by atoms with Crippen molar-refractivity contribution in [2.24, 2.45) is 0 Å². The number of aromatic nitrogens is 4. The van der Waals surface area contributed by atoms with Gasteiger partial charge in [-0.3, -0.25) is 4.79 Å². The largest absolute Gasteiger partial charge is 0.504 e. The van der Waals surface area contributed by atoms with Crippen LogP contribution < -0.4 is 0 Å². The van der Waals surface area contributed by atoms with E-state index in [9.17, 15) is 14.3 Å². The van der Waals surface area contributed by atoms with Crippen LogP contribution in [0.1, 0.15) is 32.7 Å². The lowest BCUT2D eigenvalue weighted by atomic mass is 10.0. The van der Waals surface area contributed by atoms with E-state index in [0.29, 0.717) is 23.0 Å². The second kappa shape index (κ2) is 7.59. The van der Waals surface area contributed by atoms with Gasteiger partial charge in [0, 0.05) is 20.0 Å².